The minimum absolute atomic E-state index is 0.0196. The Morgan fingerprint density at radius 2 is 2.00 bits per heavy atom. The number of β-amino-alcohol motifs (C(OH)–C–C–N with tert-alkyl or cyclic N) is 1. The highest BCUT2D eigenvalue weighted by Crippen LogP contribution is 2.29. The van der Waals surface area contributed by atoms with Gasteiger partial charge in [-0.2, -0.15) is 0 Å². The minimum Gasteiger partial charge on any atom is -0.395 e. The summed E-state index contributed by atoms with van der Waals surface area (Å²) in [5.41, 5.74) is 0.942. The van der Waals surface area contributed by atoms with E-state index in [1.54, 1.807) is 6.07 Å². The number of benzene rings is 1. The molecule has 1 saturated heterocycles. The maximum absolute atomic E-state index is 11.1. The molecule has 0 radical (unpaired) electrons. The Morgan fingerprint density at radius 1 is 1.30 bits per heavy atom. The number of piperazine rings is 1. The Labute approximate surface area is 116 Å². The van der Waals surface area contributed by atoms with Crippen LogP contribution in [0.4, 0.5) is 11.4 Å². The van der Waals surface area contributed by atoms with Crippen LogP contribution < -0.4 is 4.90 Å². The first-order chi connectivity index (χ1) is 9.65. The molecule has 0 atom stereocenters. The molecule has 0 saturated carbocycles. The number of hydrogen-bond donors (Lipinski definition) is 1. The number of nitrogens with zero attached hydrogens (tertiary/aromatic N) is 3. The third kappa shape index (κ3) is 3.12. The molecule has 0 amide bonds. The Kier molecular flexibility index (Phi) is 4.65. The number of aliphatic hydroxyl groups is 1. The van der Waals surface area contributed by atoms with E-state index in [1.807, 2.05) is 4.90 Å². The molecule has 1 aromatic carbocycles. The van der Waals surface area contributed by atoms with E-state index in [1.165, 1.54) is 12.1 Å². The summed E-state index contributed by atoms with van der Waals surface area (Å²) in [4.78, 5) is 25.5. The van der Waals surface area contributed by atoms with Crippen LogP contribution >= 0.6 is 0 Å². The summed E-state index contributed by atoms with van der Waals surface area (Å²) in [5.74, 6) is 0. The van der Waals surface area contributed by atoms with Gasteiger partial charge >= 0.3 is 0 Å². The van der Waals surface area contributed by atoms with Crippen LogP contribution in [-0.2, 0) is 0 Å². The molecule has 1 fully saturated rings. The summed E-state index contributed by atoms with van der Waals surface area (Å²) >= 11 is 0. The van der Waals surface area contributed by atoms with Crippen LogP contribution in [0.15, 0.2) is 18.2 Å². The monoisotopic (exact) mass is 279 g/mol. The number of rotatable bonds is 5. The fourth-order valence-corrected chi connectivity index (χ4v) is 2.38. The molecule has 2 rings (SSSR count). The number of aldehydes is 1. The van der Waals surface area contributed by atoms with E-state index < -0.39 is 4.92 Å². The van der Waals surface area contributed by atoms with Crippen LogP contribution in [0.25, 0.3) is 0 Å². The van der Waals surface area contributed by atoms with Crippen LogP contribution in [0.5, 0.6) is 0 Å². The number of anilines is 1. The summed E-state index contributed by atoms with van der Waals surface area (Å²) in [6.45, 7) is 3.49. The summed E-state index contributed by atoms with van der Waals surface area (Å²) in [6, 6.07) is 4.39. The molecule has 0 aliphatic carbocycles. The van der Waals surface area contributed by atoms with Crippen molar-refractivity contribution in [2.24, 2.45) is 0 Å². The topological polar surface area (TPSA) is 86.9 Å². The van der Waals surface area contributed by atoms with Gasteiger partial charge in [-0.25, -0.2) is 0 Å². The lowest BCUT2D eigenvalue weighted by atomic mass is 10.1. The van der Waals surface area contributed by atoms with E-state index in [0.717, 1.165) is 13.1 Å². The van der Waals surface area contributed by atoms with E-state index in [9.17, 15) is 14.9 Å². The Balaban J connectivity index is 2.19. The summed E-state index contributed by atoms with van der Waals surface area (Å²) in [5, 5.41) is 20.0. The lowest BCUT2D eigenvalue weighted by molar-refractivity contribution is -0.384. The molecule has 0 aromatic heterocycles. The fourth-order valence-electron chi connectivity index (χ4n) is 2.38. The molecule has 7 heteroatoms. The molecule has 1 aromatic rings. The third-order valence-corrected chi connectivity index (χ3v) is 3.46. The van der Waals surface area contributed by atoms with E-state index >= 15 is 0 Å². The van der Waals surface area contributed by atoms with Crippen molar-refractivity contribution in [1.82, 2.24) is 4.90 Å². The van der Waals surface area contributed by atoms with Crippen molar-refractivity contribution in [3.05, 3.63) is 33.9 Å². The van der Waals surface area contributed by atoms with E-state index in [4.69, 9.17) is 5.11 Å². The van der Waals surface area contributed by atoms with Gasteiger partial charge in [0.15, 0.2) is 0 Å². The van der Waals surface area contributed by atoms with Crippen molar-refractivity contribution in [3.8, 4) is 0 Å². The predicted octanol–water partition coefficient (Wildman–Crippen LogP) is 0.522. The average molecular weight is 279 g/mol. The van der Waals surface area contributed by atoms with Crippen LogP contribution in [0.3, 0.4) is 0 Å². The molecular weight excluding hydrogens is 262 g/mol. The van der Waals surface area contributed by atoms with Gasteiger partial charge in [0.25, 0.3) is 5.69 Å². The molecule has 1 aliphatic heterocycles. The summed E-state index contributed by atoms with van der Waals surface area (Å²) in [7, 11) is 0. The van der Waals surface area contributed by atoms with Gasteiger partial charge in [0.2, 0.25) is 0 Å². The van der Waals surface area contributed by atoms with Gasteiger partial charge in [0.1, 0.15) is 12.0 Å². The van der Waals surface area contributed by atoms with Crippen molar-refractivity contribution in [3.63, 3.8) is 0 Å². The lowest BCUT2D eigenvalue weighted by Crippen LogP contribution is -2.47. The molecule has 0 bridgehead atoms. The number of hydrogen-bond acceptors (Lipinski definition) is 6. The van der Waals surface area contributed by atoms with Gasteiger partial charge in [-0.15, -0.1) is 0 Å². The van der Waals surface area contributed by atoms with Gasteiger partial charge in [-0.3, -0.25) is 19.8 Å². The molecule has 0 unspecified atom stereocenters. The molecular formula is C13H17N3O4. The van der Waals surface area contributed by atoms with Gasteiger partial charge < -0.3 is 10.0 Å². The first-order valence-corrected chi connectivity index (χ1v) is 6.47. The summed E-state index contributed by atoms with van der Waals surface area (Å²) in [6.07, 6.45) is 0.690. The van der Waals surface area contributed by atoms with Crippen LogP contribution in [0.1, 0.15) is 10.4 Å². The number of aliphatic hydroxyl groups excluding tert-OH is 1. The average Bonchev–Trinajstić information content (AvgIpc) is 2.47. The molecule has 20 heavy (non-hydrogen) atoms. The Morgan fingerprint density at radius 3 is 2.55 bits per heavy atom. The number of carbonyl (C=O) groups excluding carboxylic acids is 1. The van der Waals surface area contributed by atoms with Gasteiger partial charge in [0, 0.05) is 44.4 Å². The molecule has 1 heterocycles. The predicted molar refractivity (Wildman–Crippen MR) is 74.2 cm³/mol. The van der Waals surface area contributed by atoms with E-state index in [-0.39, 0.29) is 12.3 Å². The van der Waals surface area contributed by atoms with Crippen molar-refractivity contribution in [2.75, 3.05) is 44.2 Å². The Hall–Kier alpha value is -1.99. The second kappa shape index (κ2) is 6.44. The standard InChI is InChI=1S/C13H17N3O4/c17-8-7-14-3-5-15(6-4-14)13-9-11(10-18)1-2-12(13)16(19)20/h1-2,9-10,17H,3-8H2. The highest BCUT2D eigenvalue weighted by molar-refractivity contribution is 5.80. The van der Waals surface area contributed by atoms with Gasteiger partial charge in [0.05, 0.1) is 11.5 Å². The van der Waals surface area contributed by atoms with Crippen molar-refractivity contribution in [2.45, 2.75) is 0 Å². The summed E-state index contributed by atoms with van der Waals surface area (Å²) < 4.78 is 0. The first-order valence-electron chi connectivity index (χ1n) is 6.47. The largest absolute Gasteiger partial charge is 0.395 e. The second-order valence-corrected chi connectivity index (χ2v) is 4.68. The first kappa shape index (κ1) is 14.4. The van der Waals surface area contributed by atoms with Gasteiger partial charge in [-0.05, 0) is 12.1 Å². The van der Waals surface area contributed by atoms with Crippen molar-refractivity contribution < 1.29 is 14.8 Å². The van der Waals surface area contributed by atoms with Crippen LogP contribution in [0, 0.1) is 10.1 Å². The highest BCUT2D eigenvalue weighted by atomic mass is 16.6. The second-order valence-electron chi connectivity index (χ2n) is 4.68. The SMILES string of the molecule is O=Cc1ccc([N+](=O)[O-])c(N2CCN(CCO)CC2)c1. The van der Waals surface area contributed by atoms with E-state index in [0.29, 0.717) is 37.2 Å². The fraction of sp³-hybridized carbons (Fsp3) is 0.462. The molecule has 7 nitrogen and oxygen atoms in total. The zero-order chi connectivity index (χ0) is 14.5. The number of nitro benzene ring substituents is 1. The Bertz CT molecular complexity index is 498. The molecule has 108 valence electrons. The van der Waals surface area contributed by atoms with Gasteiger partial charge in [-0.1, -0.05) is 0 Å². The molecule has 1 N–H and O–H groups in total. The highest BCUT2D eigenvalue weighted by Gasteiger charge is 2.23. The number of carbonyl (C=O) groups is 1. The zero-order valence-corrected chi connectivity index (χ0v) is 11.1. The minimum atomic E-state index is -0.427. The van der Waals surface area contributed by atoms with Crippen molar-refractivity contribution >= 4 is 17.7 Å². The molecule has 1 aliphatic rings. The van der Waals surface area contributed by atoms with Crippen molar-refractivity contribution in [1.29, 1.82) is 0 Å². The zero-order valence-electron chi connectivity index (χ0n) is 11.1. The lowest BCUT2D eigenvalue weighted by Gasteiger charge is -2.35. The van der Waals surface area contributed by atoms with Crippen LogP contribution in [0.2, 0.25) is 0 Å². The maximum atomic E-state index is 11.1. The van der Waals surface area contributed by atoms with Crippen LogP contribution in [-0.4, -0.2) is 60.5 Å². The number of nitro groups is 1. The maximum Gasteiger partial charge on any atom is 0.292 e. The van der Waals surface area contributed by atoms with E-state index in [2.05, 4.69) is 4.90 Å². The molecule has 0 spiro atoms. The quantitative estimate of drug-likeness (QED) is 0.480. The third-order valence-electron chi connectivity index (χ3n) is 3.46. The smallest absolute Gasteiger partial charge is 0.292 e. The normalized spacial score (nSPS) is 16.1.